The first-order valence-electron chi connectivity index (χ1n) is 11.0. The number of carbonyl (C=O) groups is 1. The van der Waals surface area contributed by atoms with E-state index in [9.17, 15) is 21.6 Å². The Balaban J connectivity index is 1.51. The van der Waals surface area contributed by atoms with E-state index in [-0.39, 0.29) is 31.0 Å². The van der Waals surface area contributed by atoms with Crippen LogP contribution in [0.25, 0.3) is 0 Å². The summed E-state index contributed by atoms with van der Waals surface area (Å²) in [6.07, 6.45) is 0. The zero-order chi connectivity index (χ0) is 25.9. The van der Waals surface area contributed by atoms with Gasteiger partial charge in [0.1, 0.15) is 0 Å². The number of hydrogen-bond donors (Lipinski definition) is 2. The van der Waals surface area contributed by atoms with E-state index in [1.807, 2.05) is 13.8 Å². The summed E-state index contributed by atoms with van der Waals surface area (Å²) in [5, 5.41) is 5.19. The van der Waals surface area contributed by atoms with E-state index in [2.05, 4.69) is 10.6 Å². The first-order valence-corrected chi connectivity index (χ1v) is 13.9. The van der Waals surface area contributed by atoms with Crippen LogP contribution in [-0.2, 0) is 19.7 Å². The number of carbonyl (C=O) groups excluding carboxylic acids is 1. The van der Waals surface area contributed by atoms with E-state index in [1.54, 1.807) is 36.4 Å². The van der Waals surface area contributed by atoms with Gasteiger partial charge in [0.05, 0.1) is 19.6 Å². The molecule has 0 aromatic heterocycles. The van der Waals surface area contributed by atoms with Crippen LogP contribution >= 0.6 is 0 Å². The van der Waals surface area contributed by atoms with Crippen molar-refractivity contribution in [3.63, 3.8) is 0 Å². The van der Waals surface area contributed by atoms with Gasteiger partial charge in [-0.05, 0) is 74.5 Å². The molecule has 0 fully saturated rings. The maximum absolute atomic E-state index is 13.0. The van der Waals surface area contributed by atoms with Gasteiger partial charge in [0.15, 0.2) is 0 Å². The summed E-state index contributed by atoms with van der Waals surface area (Å²) in [6, 6.07) is 24.2. The molecule has 0 saturated carbocycles. The van der Waals surface area contributed by atoms with E-state index in [0.29, 0.717) is 0 Å². The van der Waals surface area contributed by atoms with Crippen molar-refractivity contribution in [2.75, 3.05) is 10.6 Å². The molecule has 4 aromatic rings. The molecule has 0 aliphatic carbocycles. The van der Waals surface area contributed by atoms with Crippen LogP contribution in [0.15, 0.2) is 117 Å². The van der Waals surface area contributed by atoms with Crippen LogP contribution in [0, 0.1) is 13.8 Å². The molecule has 0 heterocycles. The number of nitrogens with one attached hydrogen (secondary N) is 2. The van der Waals surface area contributed by atoms with Gasteiger partial charge in [-0.1, -0.05) is 47.5 Å². The van der Waals surface area contributed by atoms with Gasteiger partial charge in [0.2, 0.25) is 19.7 Å². The summed E-state index contributed by atoms with van der Waals surface area (Å²) < 4.78 is 51.8. The number of sulfone groups is 2. The molecule has 0 aliphatic heterocycles. The Labute approximate surface area is 210 Å². The molecule has 36 heavy (non-hydrogen) atoms. The van der Waals surface area contributed by atoms with Crippen LogP contribution in [0.2, 0.25) is 0 Å². The van der Waals surface area contributed by atoms with E-state index in [0.717, 1.165) is 11.1 Å². The summed E-state index contributed by atoms with van der Waals surface area (Å²) in [7, 11) is -7.52. The van der Waals surface area contributed by atoms with Crippen molar-refractivity contribution in [3.8, 4) is 0 Å². The van der Waals surface area contributed by atoms with E-state index in [4.69, 9.17) is 0 Å². The lowest BCUT2D eigenvalue weighted by atomic mass is 10.2. The molecular formula is C27H24N2O5S2. The van der Waals surface area contributed by atoms with Gasteiger partial charge in [-0.2, -0.15) is 0 Å². The monoisotopic (exact) mass is 520 g/mol. The average molecular weight is 521 g/mol. The van der Waals surface area contributed by atoms with Gasteiger partial charge in [0, 0.05) is 11.4 Å². The van der Waals surface area contributed by atoms with E-state index < -0.39 is 25.7 Å². The molecule has 0 radical (unpaired) electrons. The summed E-state index contributed by atoms with van der Waals surface area (Å²) in [4.78, 5) is 13.0. The van der Waals surface area contributed by atoms with Crippen molar-refractivity contribution in [2.45, 2.75) is 33.4 Å². The van der Waals surface area contributed by atoms with Crippen molar-refractivity contribution in [1.82, 2.24) is 0 Å². The van der Waals surface area contributed by atoms with Crippen LogP contribution in [0.5, 0.6) is 0 Å². The minimum absolute atomic E-state index is 0.0374. The Hall–Kier alpha value is -3.95. The highest BCUT2D eigenvalue weighted by Gasteiger charge is 2.19. The number of rotatable bonds is 6. The predicted octanol–water partition coefficient (Wildman–Crippen LogP) is 5.61. The number of urea groups is 1. The summed E-state index contributed by atoms with van der Waals surface area (Å²) >= 11 is 0. The molecule has 0 saturated heterocycles. The van der Waals surface area contributed by atoms with E-state index >= 15 is 0 Å². The molecule has 2 amide bonds. The SMILES string of the molecule is Cc1ccc(S(=O)(=O)c2cccc(NC(=O)Nc3cccc(S(=O)(=O)c4ccc(C)cc4)c3)c2)cc1. The fourth-order valence-electron chi connectivity index (χ4n) is 3.48. The molecule has 4 rings (SSSR count). The van der Waals surface area contributed by atoms with Gasteiger partial charge in [-0.15, -0.1) is 0 Å². The summed E-state index contributed by atoms with van der Waals surface area (Å²) in [6.45, 7) is 3.74. The van der Waals surface area contributed by atoms with Gasteiger partial charge in [-0.3, -0.25) is 0 Å². The summed E-state index contributed by atoms with van der Waals surface area (Å²) in [5.74, 6) is 0. The maximum atomic E-state index is 13.0. The number of benzene rings is 4. The third-order valence-electron chi connectivity index (χ3n) is 5.47. The highest BCUT2D eigenvalue weighted by molar-refractivity contribution is 7.91. The second-order valence-corrected chi connectivity index (χ2v) is 12.2. The van der Waals surface area contributed by atoms with Crippen LogP contribution in [0.3, 0.4) is 0 Å². The lowest BCUT2D eigenvalue weighted by molar-refractivity contribution is 0.262. The Kier molecular flexibility index (Phi) is 6.96. The lowest BCUT2D eigenvalue weighted by Crippen LogP contribution is -2.19. The highest BCUT2D eigenvalue weighted by atomic mass is 32.2. The normalized spacial score (nSPS) is 11.6. The summed E-state index contributed by atoms with van der Waals surface area (Å²) in [5.41, 5.74) is 2.42. The van der Waals surface area contributed by atoms with Gasteiger partial charge in [0.25, 0.3) is 0 Å². The first kappa shape index (κ1) is 25.2. The molecular weight excluding hydrogens is 496 g/mol. The van der Waals surface area contributed by atoms with Gasteiger partial charge < -0.3 is 10.6 Å². The predicted molar refractivity (Wildman–Crippen MR) is 139 cm³/mol. The number of anilines is 2. The zero-order valence-corrected chi connectivity index (χ0v) is 21.2. The third kappa shape index (κ3) is 5.48. The van der Waals surface area contributed by atoms with E-state index in [1.165, 1.54) is 60.7 Å². The molecule has 2 N–H and O–H groups in total. The fraction of sp³-hybridized carbons (Fsp3) is 0.0741. The topological polar surface area (TPSA) is 109 Å². The van der Waals surface area contributed by atoms with Crippen LogP contribution in [0.1, 0.15) is 11.1 Å². The van der Waals surface area contributed by atoms with Crippen molar-refractivity contribution >= 4 is 37.1 Å². The fourth-order valence-corrected chi connectivity index (χ4v) is 6.10. The molecule has 184 valence electrons. The molecule has 0 bridgehead atoms. The second kappa shape index (κ2) is 9.96. The third-order valence-corrected chi connectivity index (χ3v) is 9.00. The molecule has 0 aliphatic rings. The number of amides is 2. The highest BCUT2D eigenvalue weighted by Crippen LogP contribution is 2.25. The smallest absolute Gasteiger partial charge is 0.308 e. The Bertz CT molecular complexity index is 1510. The zero-order valence-electron chi connectivity index (χ0n) is 19.6. The molecule has 7 nitrogen and oxygen atoms in total. The molecule has 9 heteroatoms. The van der Waals surface area contributed by atoms with Crippen molar-refractivity contribution in [2.24, 2.45) is 0 Å². The first-order chi connectivity index (χ1) is 17.1. The number of aryl methyl sites for hydroxylation is 2. The van der Waals surface area contributed by atoms with Gasteiger partial charge in [-0.25, -0.2) is 21.6 Å². The van der Waals surface area contributed by atoms with Crippen molar-refractivity contribution in [1.29, 1.82) is 0 Å². The number of hydrogen-bond acceptors (Lipinski definition) is 5. The Morgan fingerprint density at radius 2 is 0.889 bits per heavy atom. The van der Waals surface area contributed by atoms with Crippen molar-refractivity contribution < 1.29 is 21.6 Å². The van der Waals surface area contributed by atoms with Crippen LogP contribution < -0.4 is 10.6 Å². The Morgan fingerprint density at radius 1 is 0.528 bits per heavy atom. The molecule has 0 atom stereocenters. The molecule has 4 aromatic carbocycles. The van der Waals surface area contributed by atoms with Gasteiger partial charge >= 0.3 is 6.03 Å². The largest absolute Gasteiger partial charge is 0.323 e. The minimum atomic E-state index is -3.76. The second-order valence-electron chi connectivity index (χ2n) is 8.27. The lowest BCUT2D eigenvalue weighted by Gasteiger charge is -2.11. The van der Waals surface area contributed by atoms with Crippen LogP contribution in [0.4, 0.5) is 16.2 Å². The maximum Gasteiger partial charge on any atom is 0.323 e. The van der Waals surface area contributed by atoms with Crippen molar-refractivity contribution in [3.05, 3.63) is 108 Å². The Morgan fingerprint density at radius 3 is 1.25 bits per heavy atom. The minimum Gasteiger partial charge on any atom is -0.308 e. The molecule has 0 unspecified atom stereocenters. The molecule has 0 spiro atoms. The van der Waals surface area contributed by atoms with Crippen LogP contribution in [-0.4, -0.2) is 22.9 Å². The quantitative estimate of drug-likeness (QED) is 0.343. The average Bonchev–Trinajstić information content (AvgIpc) is 2.85. The standard InChI is InChI=1S/C27H24N2O5S2/c1-19-9-13-23(14-10-19)35(31,32)25-7-3-5-21(17-25)28-27(30)29-22-6-4-8-26(18-22)36(33,34)24-15-11-20(2)12-16-24/h3-18H,1-2H3,(H2,28,29,30).